The van der Waals surface area contributed by atoms with Gasteiger partial charge in [-0.25, -0.2) is 18.0 Å². The van der Waals surface area contributed by atoms with Crippen LogP contribution in [0.5, 0.6) is 5.88 Å². The van der Waals surface area contributed by atoms with E-state index in [-0.39, 0.29) is 31.0 Å². The summed E-state index contributed by atoms with van der Waals surface area (Å²) < 4.78 is 64.4. The minimum absolute atomic E-state index is 0.0605. The molecule has 0 aliphatic carbocycles. The maximum Gasteiger partial charge on any atom is 0.244 e. The maximum atomic E-state index is 15.0. The number of anilines is 1. The molecule has 2 saturated heterocycles. The van der Waals surface area contributed by atoms with Gasteiger partial charge in [0.05, 0.1) is 48.5 Å². The number of nitrogens with zero attached hydrogens (tertiary/aromatic N) is 7. The lowest BCUT2D eigenvalue weighted by atomic mass is 10.0. The Morgan fingerprint density at radius 1 is 1.31 bits per heavy atom. The van der Waals surface area contributed by atoms with Gasteiger partial charge in [-0.2, -0.15) is 4.98 Å². The fourth-order valence-corrected chi connectivity index (χ4v) is 4.76. The fraction of sp³-hybridized carbons (Fsp3) is 0.478. The number of nitrogens with one attached hydrogen (secondary N) is 1. The van der Waals surface area contributed by atoms with E-state index in [2.05, 4.69) is 30.6 Å². The van der Waals surface area contributed by atoms with Crippen molar-refractivity contribution < 1.29 is 22.4 Å². The number of alkyl halides is 2. The Bertz CT molecular complexity index is 1460. The molecule has 0 bridgehead atoms. The Kier molecular flexibility index (Phi) is 4.86. The molecule has 35 heavy (non-hydrogen) atoms. The molecule has 2 aliphatic rings. The van der Waals surface area contributed by atoms with Crippen LogP contribution >= 0.6 is 0 Å². The molecule has 5 heterocycles. The van der Waals surface area contributed by atoms with Gasteiger partial charge in [0.15, 0.2) is 0 Å². The van der Waals surface area contributed by atoms with Crippen LogP contribution in [0.3, 0.4) is 0 Å². The van der Waals surface area contributed by atoms with Gasteiger partial charge in [0, 0.05) is 24.8 Å². The van der Waals surface area contributed by atoms with Gasteiger partial charge in [-0.05, 0) is 30.2 Å². The summed E-state index contributed by atoms with van der Waals surface area (Å²) in [5.41, 5.74) is 2.85. The number of hydrogen-bond acceptors (Lipinski definition) is 8. The Hall–Kier alpha value is -3.38. The molecule has 1 N–H and O–H groups in total. The molecular weight excluding hydrogens is 458 g/mol. The molecule has 0 spiro atoms. The van der Waals surface area contributed by atoms with Crippen LogP contribution in [0.4, 0.5) is 14.7 Å². The van der Waals surface area contributed by atoms with E-state index in [1.165, 1.54) is 9.20 Å². The number of rotatable bonds is 7. The number of benzene rings is 1. The highest BCUT2D eigenvalue weighted by molar-refractivity contribution is 5.89. The van der Waals surface area contributed by atoms with Gasteiger partial charge in [0.25, 0.3) is 0 Å². The third kappa shape index (κ3) is 3.96. The number of methoxy groups -OCH3 is 1. The molecule has 10 nitrogen and oxygen atoms in total. The topological polar surface area (TPSA) is 94.6 Å². The number of fused-ring (bicyclic) bond motifs is 2. The van der Waals surface area contributed by atoms with Crippen molar-refractivity contribution in [2.24, 2.45) is 0 Å². The first-order chi connectivity index (χ1) is 18.3. The third-order valence-electron chi connectivity index (χ3n) is 6.72. The molecule has 3 aromatic heterocycles. The van der Waals surface area contributed by atoms with E-state index in [0.717, 1.165) is 0 Å². The number of ether oxygens (including phenoxy) is 2. The van der Waals surface area contributed by atoms with E-state index in [1.54, 1.807) is 30.5 Å². The maximum absolute atomic E-state index is 15.0. The second-order valence-electron chi connectivity index (χ2n) is 8.81. The summed E-state index contributed by atoms with van der Waals surface area (Å²) >= 11 is 0. The standard InChI is InChI=1S/C23H26F2N8O2/c1-34-22-21-16(14-2-3-19-20(10-14)32(9-6-24)30-28-19)4-8-33(21)29-23(27-22)26-18-5-7-31(11-17(18)25)15-12-35-13-15/h2-4,8,10,15,17-18H,5-7,9,11-13H2,1H3,(H,26,29)/t17-,18-/m0/s1/i1D3. The molecular formula is C23H26F2N8O2. The molecule has 1 aromatic carbocycles. The summed E-state index contributed by atoms with van der Waals surface area (Å²) in [5, 5.41) is 15.5. The average Bonchev–Trinajstić information content (AvgIpc) is 3.43. The summed E-state index contributed by atoms with van der Waals surface area (Å²) in [7, 11) is -2.78. The van der Waals surface area contributed by atoms with Crippen LogP contribution < -0.4 is 10.1 Å². The van der Waals surface area contributed by atoms with E-state index in [4.69, 9.17) is 13.6 Å². The van der Waals surface area contributed by atoms with Gasteiger partial charge in [-0.15, -0.1) is 10.2 Å². The quantitative estimate of drug-likeness (QED) is 0.425. The molecule has 6 rings (SSSR count). The molecule has 0 radical (unpaired) electrons. The number of hydrogen-bond donors (Lipinski definition) is 1. The fourth-order valence-electron chi connectivity index (χ4n) is 4.76. The van der Waals surface area contributed by atoms with Gasteiger partial charge in [-0.3, -0.25) is 4.90 Å². The van der Waals surface area contributed by atoms with Crippen LogP contribution in [0.25, 0.3) is 27.7 Å². The second-order valence-corrected chi connectivity index (χ2v) is 8.81. The van der Waals surface area contributed by atoms with Gasteiger partial charge >= 0.3 is 0 Å². The molecule has 2 atom stereocenters. The van der Waals surface area contributed by atoms with Gasteiger partial charge in [0.2, 0.25) is 11.8 Å². The minimum atomic E-state index is -2.78. The monoisotopic (exact) mass is 487 g/mol. The van der Waals surface area contributed by atoms with E-state index >= 15 is 4.39 Å². The van der Waals surface area contributed by atoms with Crippen molar-refractivity contribution in [3.05, 3.63) is 30.5 Å². The van der Waals surface area contributed by atoms with Crippen LogP contribution in [-0.2, 0) is 11.3 Å². The predicted octanol–water partition coefficient (Wildman–Crippen LogP) is 2.34. The van der Waals surface area contributed by atoms with Gasteiger partial charge in [0.1, 0.15) is 23.9 Å². The largest absolute Gasteiger partial charge is 0.479 e. The average molecular weight is 488 g/mol. The lowest BCUT2D eigenvalue weighted by Crippen LogP contribution is -2.57. The summed E-state index contributed by atoms with van der Waals surface area (Å²) in [6.45, 7) is 1.69. The van der Waals surface area contributed by atoms with E-state index in [9.17, 15) is 4.39 Å². The zero-order chi connectivity index (χ0) is 26.4. The van der Waals surface area contributed by atoms with Crippen LogP contribution in [0.2, 0.25) is 0 Å². The third-order valence-corrected chi connectivity index (χ3v) is 6.72. The number of likely N-dealkylation sites (tertiary alicyclic amines) is 1. The Morgan fingerprint density at radius 3 is 3.00 bits per heavy atom. The van der Waals surface area contributed by atoms with E-state index in [0.29, 0.717) is 53.9 Å². The molecule has 0 unspecified atom stereocenters. The first-order valence-electron chi connectivity index (χ1n) is 13.0. The summed E-state index contributed by atoms with van der Waals surface area (Å²) in [6.07, 6.45) is 1.02. The molecule has 12 heteroatoms. The normalized spacial score (nSPS) is 23.1. The molecule has 184 valence electrons. The van der Waals surface area contributed by atoms with Crippen LogP contribution in [0.15, 0.2) is 30.5 Å². The number of piperidine rings is 1. The molecule has 4 aromatic rings. The minimum Gasteiger partial charge on any atom is -0.479 e. The van der Waals surface area contributed by atoms with Crippen molar-refractivity contribution in [1.82, 2.24) is 34.5 Å². The van der Waals surface area contributed by atoms with Gasteiger partial charge in [-0.1, -0.05) is 11.3 Å². The predicted molar refractivity (Wildman–Crippen MR) is 125 cm³/mol. The summed E-state index contributed by atoms with van der Waals surface area (Å²) in [5.74, 6) is -0.106. The highest BCUT2D eigenvalue weighted by Crippen LogP contribution is 2.33. The van der Waals surface area contributed by atoms with Crippen molar-refractivity contribution in [3.63, 3.8) is 0 Å². The van der Waals surface area contributed by atoms with E-state index in [1.807, 2.05) is 0 Å². The van der Waals surface area contributed by atoms with Crippen molar-refractivity contribution in [3.8, 4) is 17.0 Å². The van der Waals surface area contributed by atoms with Gasteiger partial charge < -0.3 is 14.8 Å². The van der Waals surface area contributed by atoms with Crippen LogP contribution in [-0.4, -0.2) is 92.8 Å². The second kappa shape index (κ2) is 9.00. The molecule has 0 saturated carbocycles. The zero-order valence-electron chi connectivity index (χ0n) is 21.8. The van der Waals surface area contributed by atoms with E-state index < -0.39 is 25.9 Å². The number of halogens is 2. The van der Waals surface area contributed by atoms with Crippen molar-refractivity contribution in [2.45, 2.75) is 31.2 Å². The molecule has 2 aliphatic heterocycles. The van der Waals surface area contributed by atoms with Crippen molar-refractivity contribution in [1.29, 1.82) is 0 Å². The Balaban J connectivity index is 1.34. The Labute approximate surface area is 204 Å². The SMILES string of the molecule is [2H]C([2H])([2H])Oc1nc(N[C@H]2CCN(C3COC3)C[C@@H]2F)nn2ccc(-c3ccc4nnn(CCF)c4c3)c12. The van der Waals surface area contributed by atoms with Crippen molar-refractivity contribution >= 4 is 22.5 Å². The zero-order valence-corrected chi connectivity index (χ0v) is 18.8. The molecule has 0 amide bonds. The molecule has 2 fully saturated rings. The van der Waals surface area contributed by atoms with Crippen LogP contribution in [0, 0.1) is 0 Å². The summed E-state index contributed by atoms with van der Waals surface area (Å²) in [6, 6.07) is 6.81. The highest BCUT2D eigenvalue weighted by atomic mass is 19.1. The van der Waals surface area contributed by atoms with Crippen molar-refractivity contribution in [2.75, 3.05) is 45.3 Å². The number of aryl methyl sites for hydroxylation is 1. The highest BCUT2D eigenvalue weighted by Gasteiger charge is 2.35. The number of aromatic nitrogens is 6. The summed E-state index contributed by atoms with van der Waals surface area (Å²) in [4.78, 5) is 6.44. The first kappa shape index (κ1) is 18.9. The smallest absolute Gasteiger partial charge is 0.244 e. The van der Waals surface area contributed by atoms with Crippen LogP contribution in [0.1, 0.15) is 10.5 Å². The first-order valence-corrected chi connectivity index (χ1v) is 11.5. The lowest BCUT2D eigenvalue weighted by molar-refractivity contribution is -0.0794. The lowest BCUT2D eigenvalue weighted by Gasteiger charge is -2.42. The Morgan fingerprint density at radius 2 is 2.23 bits per heavy atom.